The van der Waals surface area contributed by atoms with Gasteiger partial charge in [-0.15, -0.1) is 0 Å². The average molecular weight is 358 g/mol. The highest BCUT2D eigenvalue weighted by Gasteiger charge is 2.25. The molecule has 1 fully saturated rings. The molecule has 0 bridgehead atoms. The van der Waals surface area contributed by atoms with Crippen molar-refractivity contribution in [2.24, 2.45) is 0 Å². The third-order valence-electron chi connectivity index (χ3n) is 4.45. The van der Waals surface area contributed by atoms with Gasteiger partial charge in [-0.1, -0.05) is 0 Å². The summed E-state index contributed by atoms with van der Waals surface area (Å²) in [7, 11) is 0. The SMILES string of the molecule is Cc1cc(-n2cncn2)ccc1C(=O)N(CCC(=O)O)C[C@H]1CCCO1. The minimum atomic E-state index is -0.923. The number of aliphatic carboxylic acids is 1. The maximum Gasteiger partial charge on any atom is 0.305 e. The normalized spacial score (nSPS) is 16.6. The van der Waals surface area contributed by atoms with Crippen LogP contribution in [-0.4, -0.2) is 62.4 Å². The molecule has 2 heterocycles. The fourth-order valence-electron chi connectivity index (χ4n) is 3.08. The van der Waals surface area contributed by atoms with Crippen molar-refractivity contribution in [3.63, 3.8) is 0 Å². The smallest absolute Gasteiger partial charge is 0.305 e. The van der Waals surface area contributed by atoms with Crippen molar-refractivity contribution in [2.45, 2.75) is 32.3 Å². The summed E-state index contributed by atoms with van der Waals surface area (Å²) in [4.78, 5) is 29.5. The summed E-state index contributed by atoms with van der Waals surface area (Å²) in [5.41, 5.74) is 2.17. The molecule has 2 aromatic rings. The number of carbonyl (C=O) groups excluding carboxylic acids is 1. The molecule has 0 radical (unpaired) electrons. The number of hydrogen-bond acceptors (Lipinski definition) is 5. The number of ether oxygens (including phenoxy) is 1. The number of hydrogen-bond donors (Lipinski definition) is 1. The van der Waals surface area contributed by atoms with Crippen molar-refractivity contribution in [1.29, 1.82) is 0 Å². The molecule has 1 aliphatic rings. The number of aromatic nitrogens is 3. The van der Waals surface area contributed by atoms with Crippen molar-refractivity contribution in [2.75, 3.05) is 19.7 Å². The number of benzene rings is 1. The Hall–Kier alpha value is -2.74. The topological polar surface area (TPSA) is 97.6 Å². The van der Waals surface area contributed by atoms with Crippen molar-refractivity contribution in [3.05, 3.63) is 42.0 Å². The van der Waals surface area contributed by atoms with Gasteiger partial charge in [0.15, 0.2) is 0 Å². The van der Waals surface area contributed by atoms with Crippen LogP contribution in [0, 0.1) is 6.92 Å². The lowest BCUT2D eigenvalue weighted by molar-refractivity contribution is -0.137. The van der Waals surface area contributed by atoms with E-state index in [9.17, 15) is 9.59 Å². The largest absolute Gasteiger partial charge is 0.481 e. The van der Waals surface area contributed by atoms with Gasteiger partial charge >= 0.3 is 5.97 Å². The molecule has 1 amide bonds. The Morgan fingerprint density at radius 1 is 1.42 bits per heavy atom. The minimum absolute atomic E-state index is 0.0255. The molecule has 8 nitrogen and oxygen atoms in total. The van der Waals surface area contributed by atoms with Crippen LogP contribution in [0.1, 0.15) is 35.2 Å². The molecular weight excluding hydrogens is 336 g/mol. The van der Waals surface area contributed by atoms with E-state index in [-0.39, 0.29) is 25.0 Å². The second-order valence-corrected chi connectivity index (χ2v) is 6.37. The molecule has 1 atom stereocenters. The molecule has 0 aliphatic carbocycles. The second kappa shape index (κ2) is 8.09. The first-order chi connectivity index (χ1) is 12.5. The summed E-state index contributed by atoms with van der Waals surface area (Å²) in [6.45, 7) is 3.13. The van der Waals surface area contributed by atoms with E-state index in [1.807, 2.05) is 13.0 Å². The van der Waals surface area contributed by atoms with Crippen molar-refractivity contribution < 1.29 is 19.4 Å². The van der Waals surface area contributed by atoms with Gasteiger partial charge in [0.1, 0.15) is 12.7 Å². The van der Waals surface area contributed by atoms with E-state index in [0.29, 0.717) is 18.7 Å². The summed E-state index contributed by atoms with van der Waals surface area (Å²) >= 11 is 0. The Balaban J connectivity index is 1.79. The summed E-state index contributed by atoms with van der Waals surface area (Å²) in [5, 5.41) is 13.1. The van der Waals surface area contributed by atoms with Gasteiger partial charge in [-0.3, -0.25) is 9.59 Å². The van der Waals surface area contributed by atoms with Crippen LogP contribution in [0.2, 0.25) is 0 Å². The van der Waals surface area contributed by atoms with Crippen LogP contribution < -0.4 is 0 Å². The van der Waals surface area contributed by atoms with Gasteiger partial charge in [0.2, 0.25) is 0 Å². The molecule has 8 heteroatoms. The van der Waals surface area contributed by atoms with Gasteiger partial charge in [0.05, 0.1) is 18.2 Å². The van der Waals surface area contributed by atoms with Crippen molar-refractivity contribution in [3.8, 4) is 5.69 Å². The van der Waals surface area contributed by atoms with Crippen LogP contribution in [-0.2, 0) is 9.53 Å². The summed E-state index contributed by atoms with van der Waals surface area (Å²) < 4.78 is 7.24. The Morgan fingerprint density at radius 2 is 2.27 bits per heavy atom. The van der Waals surface area contributed by atoms with Gasteiger partial charge in [0, 0.05) is 25.3 Å². The predicted molar refractivity (Wildman–Crippen MR) is 93.2 cm³/mol. The number of rotatable bonds is 7. The van der Waals surface area contributed by atoms with Crippen molar-refractivity contribution in [1.82, 2.24) is 19.7 Å². The monoisotopic (exact) mass is 358 g/mol. The lowest BCUT2D eigenvalue weighted by Crippen LogP contribution is -2.39. The zero-order valence-corrected chi connectivity index (χ0v) is 14.7. The zero-order valence-electron chi connectivity index (χ0n) is 14.7. The highest BCUT2D eigenvalue weighted by Crippen LogP contribution is 2.19. The van der Waals surface area contributed by atoms with E-state index >= 15 is 0 Å². The molecule has 26 heavy (non-hydrogen) atoms. The molecular formula is C18H22N4O4. The summed E-state index contributed by atoms with van der Waals surface area (Å²) in [5.74, 6) is -1.10. The van der Waals surface area contributed by atoms with E-state index in [2.05, 4.69) is 10.1 Å². The van der Waals surface area contributed by atoms with E-state index in [1.54, 1.807) is 28.0 Å². The molecule has 0 unspecified atom stereocenters. The lowest BCUT2D eigenvalue weighted by atomic mass is 10.1. The van der Waals surface area contributed by atoms with Crippen LogP contribution in [0.3, 0.4) is 0 Å². The van der Waals surface area contributed by atoms with E-state index in [4.69, 9.17) is 9.84 Å². The van der Waals surface area contributed by atoms with Gasteiger partial charge < -0.3 is 14.7 Å². The molecule has 0 saturated carbocycles. The average Bonchev–Trinajstić information content (AvgIpc) is 3.31. The minimum Gasteiger partial charge on any atom is -0.481 e. The number of aryl methyl sites for hydroxylation is 1. The molecule has 1 aromatic heterocycles. The highest BCUT2D eigenvalue weighted by molar-refractivity contribution is 5.96. The molecule has 3 rings (SSSR count). The van der Waals surface area contributed by atoms with Gasteiger partial charge in [-0.25, -0.2) is 9.67 Å². The highest BCUT2D eigenvalue weighted by atomic mass is 16.5. The first-order valence-electron chi connectivity index (χ1n) is 8.63. The third-order valence-corrected chi connectivity index (χ3v) is 4.45. The molecule has 1 saturated heterocycles. The Labute approximate surface area is 151 Å². The number of nitrogens with zero attached hydrogens (tertiary/aromatic N) is 4. The predicted octanol–water partition coefficient (Wildman–Crippen LogP) is 1.67. The van der Waals surface area contributed by atoms with Crippen LogP contribution in [0.25, 0.3) is 5.69 Å². The Morgan fingerprint density at radius 3 is 2.88 bits per heavy atom. The second-order valence-electron chi connectivity index (χ2n) is 6.37. The first kappa shape index (κ1) is 18.1. The molecule has 1 aromatic carbocycles. The van der Waals surface area contributed by atoms with Crippen LogP contribution >= 0.6 is 0 Å². The van der Waals surface area contributed by atoms with E-state index in [1.165, 1.54) is 6.33 Å². The van der Waals surface area contributed by atoms with Crippen LogP contribution in [0.5, 0.6) is 0 Å². The standard InChI is InChI=1S/C18H22N4O4/c1-13-9-14(22-12-19-11-20-22)4-5-16(13)18(25)21(7-6-17(23)24)10-15-3-2-8-26-15/h4-5,9,11-12,15H,2-3,6-8,10H2,1H3,(H,23,24)/t15-/m1/s1. The maximum absolute atomic E-state index is 13.0. The molecule has 138 valence electrons. The van der Waals surface area contributed by atoms with Crippen molar-refractivity contribution >= 4 is 11.9 Å². The van der Waals surface area contributed by atoms with Crippen LogP contribution in [0.4, 0.5) is 0 Å². The van der Waals surface area contributed by atoms with E-state index < -0.39 is 5.97 Å². The zero-order chi connectivity index (χ0) is 18.5. The van der Waals surface area contributed by atoms with E-state index in [0.717, 1.165) is 24.1 Å². The molecule has 1 aliphatic heterocycles. The van der Waals surface area contributed by atoms with Gasteiger partial charge in [0.25, 0.3) is 5.91 Å². The number of carboxylic acids is 1. The Bertz CT molecular complexity index is 770. The summed E-state index contributed by atoms with van der Waals surface area (Å²) in [6.07, 6.45) is 4.78. The molecule has 0 spiro atoms. The summed E-state index contributed by atoms with van der Waals surface area (Å²) in [6, 6.07) is 5.41. The first-order valence-corrected chi connectivity index (χ1v) is 8.63. The molecule has 1 N–H and O–H groups in total. The van der Waals surface area contributed by atoms with Crippen LogP contribution in [0.15, 0.2) is 30.9 Å². The lowest BCUT2D eigenvalue weighted by Gasteiger charge is -2.25. The number of carbonyl (C=O) groups is 2. The van der Waals surface area contributed by atoms with Gasteiger partial charge in [-0.2, -0.15) is 5.10 Å². The quantitative estimate of drug-likeness (QED) is 0.809. The maximum atomic E-state index is 13.0. The number of amides is 1. The third kappa shape index (κ3) is 4.26. The Kier molecular flexibility index (Phi) is 5.62. The fraction of sp³-hybridized carbons (Fsp3) is 0.444. The number of carboxylic acid groups (broad SMARTS) is 1. The fourth-order valence-corrected chi connectivity index (χ4v) is 3.08. The van der Waals surface area contributed by atoms with Gasteiger partial charge in [-0.05, 0) is 43.5 Å².